The number of nitrogens with one attached hydrogen (secondary N) is 1. The Hall–Kier alpha value is -3.02. The lowest BCUT2D eigenvalue weighted by atomic mass is 9.84. The molecule has 6 nitrogen and oxygen atoms in total. The largest absolute Gasteiger partial charge is 0.495 e. The van der Waals surface area contributed by atoms with Gasteiger partial charge in [0.2, 0.25) is 5.91 Å². The van der Waals surface area contributed by atoms with E-state index in [9.17, 15) is 9.59 Å². The molecule has 2 amide bonds. The molecule has 3 atom stereocenters. The van der Waals surface area contributed by atoms with Crippen LogP contribution in [0.25, 0.3) is 0 Å². The molecule has 1 heterocycles. The number of hydrogen-bond acceptors (Lipinski definition) is 4. The van der Waals surface area contributed by atoms with Crippen molar-refractivity contribution in [3.63, 3.8) is 0 Å². The standard InChI is InChI=1S/C23H27N3O3/c1-29-21-12-11-17(14-18(21)24)25-22(27)20-13-16-9-5-6-10-19(16)26(20)23(28)15-7-3-2-4-8-15/h2-4,7-8,11-12,14,16,19-20H,5-6,9-10,13,24H2,1H3,(H,25,27). The number of likely N-dealkylation sites (tertiary alicyclic amines) is 1. The van der Waals surface area contributed by atoms with Crippen molar-refractivity contribution in [1.82, 2.24) is 4.90 Å². The summed E-state index contributed by atoms with van der Waals surface area (Å²) in [6.45, 7) is 0. The first kappa shape index (κ1) is 19.3. The van der Waals surface area contributed by atoms with Crippen LogP contribution in [-0.4, -0.2) is 35.9 Å². The highest BCUT2D eigenvalue weighted by molar-refractivity contribution is 6.02. The van der Waals surface area contributed by atoms with Crippen LogP contribution in [0.3, 0.4) is 0 Å². The van der Waals surface area contributed by atoms with Crippen molar-refractivity contribution in [3.8, 4) is 5.75 Å². The normalized spacial score (nSPS) is 23.3. The van der Waals surface area contributed by atoms with Crippen LogP contribution in [0.4, 0.5) is 11.4 Å². The molecule has 0 bridgehead atoms. The maximum absolute atomic E-state index is 13.3. The number of carbonyl (C=O) groups is 2. The number of carbonyl (C=O) groups excluding carboxylic acids is 2. The Morgan fingerprint density at radius 2 is 1.86 bits per heavy atom. The van der Waals surface area contributed by atoms with E-state index in [1.54, 1.807) is 25.3 Å². The molecular weight excluding hydrogens is 366 g/mol. The molecule has 0 aromatic heterocycles. The van der Waals surface area contributed by atoms with E-state index in [1.165, 1.54) is 0 Å². The third-order valence-corrected chi connectivity index (χ3v) is 6.14. The van der Waals surface area contributed by atoms with Gasteiger partial charge in [0, 0.05) is 17.3 Å². The quantitative estimate of drug-likeness (QED) is 0.776. The van der Waals surface area contributed by atoms with Crippen molar-refractivity contribution < 1.29 is 14.3 Å². The Morgan fingerprint density at radius 1 is 1.10 bits per heavy atom. The maximum atomic E-state index is 13.3. The number of hydrogen-bond donors (Lipinski definition) is 2. The number of rotatable bonds is 4. The van der Waals surface area contributed by atoms with Crippen LogP contribution in [0.1, 0.15) is 42.5 Å². The Morgan fingerprint density at radius 3 is 2.59 bits per heavy atom. The van der Waals surface area contributed by atoms with Crippen LogP contribution in [0, 0.1) is 5.92 Å². The van der Waals surface area contributed by atoms with E-state index in [-0.39, 0.29) is 17.9 Å². The topological polar surface area (TPSA) is 84.7 Å². The van der Waals surface area contributed by atoms with Gasteiger partial charge in [-0.2, -0.15) is 0 Å². The molecule has 6 heteroatoms. The van der Waals surface area contributed by atoms with E-state index >= 15 is 0 Å². The molecule has 1 saturated carbocycles. The molecule has 2 fully saturated rings. The maximum Gasteiger partial charge on any atom is 0.254 e. The van der Waals surface area contributed by atoms with Crippen molar-refractivity contribution in [3.05, 3.63) is 54.1 Å². The fraction of sp³-hybridized carbons (Fsp3) is 0.391. The van der Waals surface area contributed by atoms with E-state index in [1.807, 2.05) is 35.2 Å². The zero-order valence-electron chi connectivity index (χ0n) is 16.6. The van der Waals surface area contributed by atoms with Crippen molar-refractivity contribution in [2.45, 2.75) is 44.2 Å². The zero-order valence-corrected chi connectivity index (χ0v) is 16.6. The van der Waals surface area contributed by atoms with Gasteiger partial charge in [-0.3, -0.25) is 9.59 Å². The first-order chi connectivity index (χ1) is 14.1. The van der Waals surface area contributed by atoms with Crippen LogP contribution in [0.15, 0.2) is 48.5 Å². The number of anilines is 2. The highest BCUT2D eigenvalue weighted by atomic mass is 16.5. The number of nitrogen functional groups attached to an aromatic ring is 1. The first-order valence-corrected chi connectivity index (χ1v) is 10.2. The predicted octanol–water partition coefficient (Wildman–Crippen LogP) is 3.69. The third-order valence-electron chi connectivity index (χ3n) is 6.14. The van der Waals surface area contributed by atoms with E-state index in [2.05, 4.69) is 5.32 Å². The number of ether oxygens (including phenoxy) is 1. The molecule has 1 aliphatic heterocycles. The Labute approximate surface area is 171 Å². The highest BCUT2D eigenvalue weighted by Gasteiger charge is 2.47. The van der Waals surface area contributed by atoms with Gasteiger partial charge < -0.3 is 20.7 Å². The van der Waals surface area contributed by atoms with Gasteiger partial charge in [-0.25, -0.2) is 0 Å². The molecule has 2 aromatic carbocycles. The molecule has 29 heavy (non-hydrogen) atoms. The molecule has 0 radical (unpaired) electrons. The second-order valence-electron chi connectivity index (χ2n) is 7.89. The summed E-state index contributed by atoms with van der Waals surface area (Å²) in [7, 11) is 1.55. The van der Waals surface area contributed by atoms with Crippen LogP contribution < -0.4 is 15.8 Å². The summed E-state index contributed by atoms with van der Waals surface area (Å²) in [6.07, 6.45) is 5.01. The van der Waals surface area contributed by atoms with Crippen LogP contribution in [-0.2, 0) is 4.79 Å². The van der Waals surface area contributed by atoms with E-state index in [4.69, 9.17) is 10.5 Å². The first-order valence-electron chi connectivity index (χ1n) is 10.2. The monoisotopic (exact) mass is 393 g/mol. The van der Waals surface area contributed by atoms with Gasteiger partial charge in [0.25, 0.3) is 5.91 Å². The average molecular weight is 393 g/mol. The fourth-order valence-electron chi connectivity index (χ4n) is 4.75. The molecule has 152 valence electrons. The average Bonchev–Trinajstić information content (AvgIpc) is 3.14. The van der Waals surface area contributed by atoms with Gasteiger partial charge in [-0.1, -0.05) is 31.0 Å². The predicted molar refractivity (Wildman–Crippen MR) is 113 cm³/mol. The molecule has 3 N–H and O–H groups in total. The lowest BCUT2D eigenvalue weighted by Crippen LogP contribution is -2.47. The van der Waals surface area contributed by atoms with Crippen molar-refractivity contribution >= 4 is 23.2 Å². The van der Waals surface area contributed by atoms with Crippen molar-refractivity contribution in [2.24, 2.45) is 5.92 Å². The smallest absolute Gasteiger partial charge is 0.254 e. The highest BCUT2D eigenvalue weighted by Crippen LogP contribution is 2.41. The Kier molecular flexibility index (Phi) is 5.43. The summed E-state index contributed by atoms with van der Waals surface area (Å²) in [5.74, 6) is 0.728. The second kappa shape index (κ2) is 8.15. The Balaban J connectivity index is 1.58. The third kappa shape index (κ3) is 3.79. The van der Waals surface area contributed by atoms with Crippen molar-refractivity contribution in [2.75, 3.05) is 18.2 Å². The van der Waals surface area contributed by atoms with Crippen LogP contribution in [0.5, 0.6) is 5.75 Å². The summed E-state index contributed by atoms with van der Waals surface area (Å²) in [4.78, 5) is 28.3. The summed E-state index contributed by atoms with van der Waals surface area (Å²) in [6, 6.07) is 14.1. The van der Waals surface area contributed by atoms with E-state index in [0.29, 0.717) is 35.0 Å². The van der Waals surface area contributed by atoms with E-state index < -0.39 is 6.04 Å². The fourth-order valence-corrected chi connectivity index (χ4v) is 4.75. The van der Waals surface area contributed by atoms with Crippen LogP contribution >= 0.6 is 0 Å². The Bertz CT molecular complexity index is 899. The van der Waals surface area contributed by atoms with Gasteiger partial charge in [0.05, 0.1) is 12.8 Å². The lowest BCUT2D eigenvalue weighted by Gasteiger charge is -2.33. The van der Waals surface area contributed by atoms with Gasteiger partial charge in [-0.05, 0) is 55.5 Å². The number of benzene rings is 2. The summed E-state index contributed by atoms with van der Waals surface area (Å²) in [5.41, 5.74) is 7.66. The van der Waals surface area contributed by atoms with E-state index in [0.717, 1.165) is 25.7 Å². The number of fused-ring (bicyclic) bond motifs is 1. The summed E-state index contributed by atoms with van der Waals surface area (Å²) >= 11 is 0. The molecule has 2 aliphatic rings. The van der Waals surface area contributed by atoms with Gasteiger partial charge >= 0.3 is 0 Å². The number of amides is 2. The SMILES string of the molecule is COc1ccc(NC(=O)C2CC3CCCCC3N2C(=O)c2ccccc2)cc1N. The molecule has 3 unspecified atom stereocenters. The molecule has 2 aromatic rings. The summed E-state index contributed by atoms with van der Waals surface area (Å²) in [5, 5.41) is 2.95. The zero-order chi connectivity index (χ0) is 20.4. The minimum absolute atomic E-state index is 0.0607. The number of nitrogens with two attached hydrogens (primary N) is 1. The summed E-state index contributed by atoms with van der Waals surface area (Å²) < 4.78 is 5.18. The second-order valence-corrected chi connectivity index (χ2v) is 7.89. The molecule has 1 saturated heterocycles. The minimum atomic E-state index is -0.473. The van der Waals surface area contributed by atoms with Gasteiger partial charge in [0.15, 0.2) is 0 Å². The van der Waals surface area contributed by atoms with Crippen LogP contribution in [0.2, 0.25) is 0 Å². The lowest BCUT2D eigenvalue weighted by molar-refractivity contribution is -0.120. The molecule has 0 spiro atoms. The van der Waals surface area contributed by atoms with Gasteiger partial charge in [0.1, 0.15) is 11.8 Å². The number of nitrogens with zero attached hydrogens (tertiary/aromatic N) is 1. The molecular formula is C23H27N3O3. The van der Waals surface area contributed by atoms with Gasteiger partial charge in [-0.15, -0.1) is 0 Å². The minimum Gasteiger partial charge on any atom is -0.495 e. The molecule has 4 rings (SSSR count). The molecule has 1 aliphatic carbocycles. The number of methoxy groups -OCH3 is 1. The van der Waals surface area contributed by atoms with Crippen molar-refractivity contribution in [1.29, 1.82) is 0 Å².